The van der Waals surface area contributed by atoms with E-state index in [2.05, 4.69) is 44.8 Å². The van der Waals surface area contributed by atoms with Crippen molar-refractivity contribution < 1.29 is 4.79 Å². The van der Waals surface area contributed by atoms with Gasteiger partial charge in [0, 0.05) is 31.6 Å². The number of amides is 1. The van der Waals surface area contributed by atoms with Crippen molar-refractivity contribution in [3.05, 3.63) is 0 Å². The van der Waals surface area contributed by atoms with Gasteiger partial charge in [-0.2, -0.15) is 0 Å². The van der Waals surface area contributed by atoms with Gasteiger partial charge in [0.1, 0.15) is 0 Å². The first-order valence-electron chi connectivity index (χ1n) is 7.89. The van der Waals surface area contributed by atoms with Gasteiger partial charge in [-0.05, 0) is 31.1 Å². The van der Waals surface area contributed by atoms with E-state index in [9.17, 15) is 4.79 Å². The van der Waals surface area contributed by atoms with Crippen molar-refractivity contribution in [2.45, 2.75) is 66.3 Å². The third-order valence-electron chi connectivity index (χ3n) is 3.99. The molecule has 0 bridgehead atoms. The molecule has 0 aromatic carbocycles. The van der Waals surface area contributed by atoms with Crippen LogP contribution in [0.4, 0.5) is 0 Å². The maximum absolute atomic E-state index is 12.4. The third-order valence-corrected chi connectivity index (χ3v) is 3.99. The Hall–Kier alpha value is -0.570. The van der Waals surface area contributed by atoms with Crippen LogP contribution in [-0.4, -0.2) is 36.5 Å². The Morgan fingerprint density at radius 3 is 2.47 bits per heavy atom. The molecule has 0 radical (unpaired) electrons. The van der Waals surface area contributed by atoms with Crippen LogP contribution in [0, 0.1) is 11.3 Å². The summed E-state index contributed by atoms with van der Waals surface area (Å²) in [5.74, 6) is 0.591. The number of likely N-dealkylation sites (tertiary alicyclic amines) is 1. The van der Waals surface area contributed by atoms with Gasteiger partial charge in [0.15, 0.2) is 0 Å². The van der Waals surface area contributed by atoms with Gasteiger partial charge in [0.2, 0.25) is 5.91 Å². The van der Waals surface area contributed by atoms with E-state index in [1.165, 1.54) is 6.42 Å². The Balaban J connectivity index is 2.47. The molecule has 1 amide bonds. The van der Waals surface area contributed by atoms with Crippen LogP contribution in [0.1, 0.15) is 60.3 Å². The van der Waals surface area contributed by atoms with Gasteiger partial charge < -0.3 is 10.2 Å². The van der Waals surface area contributed by atoms with E-state index in [-0.39, 0.29) is 5.92 Å². The maximum Gasteiger partial charge on any atom is 0.225 e. The van der Waals surface area contributed by atoms with Gasteiger partial charge in [-0.1, -0.05) is 34.6 Å². The molecule has 0 aromatic heterocycles. The number of hydrogen-bond donors (Lipinski definition) is 1. The SMILES string of the molecule is CCC(CC)C(=O)N1CCCC(NCC(C)(C)C)C1. The number of nitrogens with zero attached hydrogens (tertiary/aromatic N) is 1. The molecule has 112 valence electrons. The Labute approximate surface area is 119 Å². The van der Waals surface area contributed by atoms with Gasteiger partial charge in [-0.25, -0.2) is 0 Å². The summed E-state index contributed by atoms with van der Waals surface area (Å²) in [6, 6.07) is 0.478. The molecule has 1 N–H and O–H groups in total. The molecule has 1 atom stereocenters. The number of nitrogens with one attached hydrogen (secondary N) is 1. The molecule has 1 heterocycles. The highest BCUT2D eigenvalue weighted by molar-refractivity contribution is 5.78. The highest BCUT2D eigenvalue weighted by Gasteiger charge is 2.27. The monoisotopic (exact) mass is 268 g/mol. The van der Waals surface area contributed by atoms with E-state index in [0.717, 1.165) is 38.9 Å². The van der Waals surface area contributed by atoms with Gasteiger partial charge in [-0.3, -0.25) is 4.79 Å². The molecule has 1 fully saturated rings. The number of piperidine rings is 1. The van der Waals surface area contributed by atoms with Crippen molar-refractivity contribution >= 4 is 5.91 Å². The summed E-state index contributed by atoms with van der Waals surface area (Å²) in [6.07, 6.45) is 4.26. The fourth-order valence-electron chi connectivity index (χ4n) is 2.69. The summed E-state index contributed by atoms with van der Waals surface area (Å²) in [7, 11) is 0. The van der Waals surface area contributed by atoms with Crippen LogP contribution in [0.25, 0.3) is 0 Å². The van der Waals surface area contributed by atoms with Gasteiger partial charge >= 0.3 is 0 Å². The lowest BCUT2D eigenvalue weighted by Crippen LogP contribution is -2.50. The van der Waals surface area contributed by atoms with E-state index in [1.807, 2.05) is 0 Å². The topological polar surface area (TPSA) is 32.3 Å². The first kappa shape index (κ1) is 16.5. The smallest absolute Gasteiger partial charge is 0.225 e. The summed E-state index contributed by atoms with van der Waals surface area (Å²) in [4.78, 5) is 14.5. The molecule has 0 aromatic rings. The van der Waals surface area contributed by atoms with E-state index in [1.54, 1.807) is 0 Å². The highest BCUT2D eigenvalue weighted by Crippen LogP contribution is 2.18. The van der Waals surface area contributed by atoms with Crippen LogP contribution < -0.4 is 5.32 Å². The van der Waals surface area contributed by atoms with Crippen LogP contribution in [-0.2, 0) is 4.79 Å². The second-order valence-electron chi connectivity index (χ2n) is 7.08. The van der Waals surface area contributed by atoms with Gasteiger partial charge in [-0.15, -0.1) is 0 Å². The van der Waals surface area contributed by atoms with E-state index in [4.69, 9.17) is 0 Å². The van der Waals surface area contributed by atoms with Crippen LogP contribution >= 0.6 is 0 Å². The molecule has 1 rings (SSSR count). The Bertz CT molecular complexity index is 279. The van der Waals surface area contributed by atoms with Crippen molar-refractivity contribution in [2.24, 2.45) is 11.3 Å². The van der Waals surface area contributed by atoms with Crippen LogP contribution in [0.5, 0.6) is 0 Å². The second-order valence-corrected chi connectivity index (χ2v) is 7.08. The highest BCUT2D eigenvalue weighted by atomic mass is 16.2. The average molecular weight is 268 g/mol. The van der Waals surface area contributed by atoms with E-state index in [0.29, 0.717) is 17.4 Å². The predicted octanol–water partition coefficient (Wildman–Crippen LogP) is 3.05. The standard InChI is InChI=1S/C16H32N2O/c1-6-13(7-2)15(19)18-10-8-9-14(11-18)17-12-16(3,4)5/h13-14,17H,6-12H2,1-5H3. The van der Waals surface area contributed by atoms with Crippen LogP contribution in [0.15, 0.2) is 0 Å². The zero-order valence-corrected chi connectivity index (χ0v) is 13.5. The molecular weight excluding hydrogens is 236 g/mol. The van der Waals surface area contributed by atoms with Crippen molar-refractivity contribution in [2.75, 3.05) is 19.6 Å². The molecule has 0 aliphatic carbocycles. The number of hydrogen-bond acceptors (Lipinski definition) is 2. The maximum atomic E-state index is 12.4. The summed E-state index contributed by atoms with van der Waals surface area (Å²) in [5.41, 5.74) is 0.307. The number of carbonyl (C=O) groups excluding carboxylic acids is 1. The lowest BCUT2D eigenvalue weighted by Gasteiger charge is -2.36. The molecule has 19 heavy (non-hydrogen) atoms. The van der Waals surface area contributed by atoms with Crippen molar-refractivity contribution in [3.63, 3.8) is 0 Å². The summed E-state index contributed by atoms with van der Waals surface area (Å²) in [5, 5.41) is 3.63. The van der Waals surface area contributed by atoms with Gasteiger partial charge in [0.05, 0.1) is 0 Å². The Kier molecular flexibility index (Phi) is 6.31. The normalized spacial score (nSPS) is 20.9. The quantitative estimate of drug-likeness (QED) is 0.831. The fraction of sp³-hybridized carbons (Fsp3) is 0.938. The first-order chi connectivity index (χ1) is 8.87. The predicted molar refractivity (Wildman–Crippen MR) is 81.1 cm³/mol. The summed E-state index contributed by atoms with van der Waals surface area (Å²) < 4.78 is 0. The molecule has 1 aliphatic rings. The summed E-state index contributed by atoms with van der Waals surface area (Å²) >= 11 is 0. The number of carbonyl (C=O) groups is 1. The Morgan fingerprint density at radius 2 is 1.95 bits per heavy atom. The molecule has 0 spiro atoms. The molecule has 1 aliphatic heterocycles. The minimum atomic E-state index is 0.223. The molecule has 0 saturated carbocycles. The van der Waals surface area contributed by atoms with Crippen molar-refractivity contribution in [1.29, 1.82) is 0 Å². The lowest BCUT2D eigenvalue weighted by molar-refractivity contribution is -0.137. The van der Waals surface area contributed by atoms with E-state index >= 15 is 0 Å². The first-order valence-corrected chi connectivity index (χ1v) is 7.89. The minimum Gasteiger partial charge on any atom is -0.341 e. The molecular formula is C16H32N2O. The lowest BCUT2D eigenvalue weighted by atomic mass is 9.95. The zero-order valence-electron chi connectivity index (χ0n) is 13.5. The van der Waals surface area contributed by atoms with Crippen LogP contribution in [0.2, 0.25) is 0 Å². The van der Waals surface area contributed by atoms with Gasteiger partial charge in [0.25, 0.3) is 0 Å². The zero-order chi connectivity index (χ0) is 14.5. The number of rotatable bonds is 5. The van der Waals surface area contributed by atoms with Crippen molar-refractivity contribution in [3.8, 4) is 0 Å². The molecule has 1 unspecified atom stereocenters. The minimum absolute atomic E-state index is 0.223. The van der Waals surface area contributed by atoms with Crippen LogP contribution in [0.3, 0.4) is 0 Å². The molecule has 1 saturated heterocycles. The second kappa shape index (κ2) is 7.28. The fourth-order valence-corrected chi connectivity index (χ4v) is 2.69. The average Bonchev–Trinajstić information content (AvgIpc) is 2.37. The Morgan fingerprint density at radius 1 is 1.32 bits per heavy atom. The largest absolute Gasteiger partial charge is 0.341 e. The van der Waals surface area contributed by atoms with Crippen molar-refractivity contribution in [1.82, 2.24) is 10.2 Å². The van der Waals surface area contributed by atoms with E-state index < -0.39 is 0 Å². The summed E-state index contributed by atoms with van der Waals surface area (Å²) in [6.45, 7) is 13.8. The molecule has 3 nitrogen and oxygen atoms in total. The molecule has 3 heteroatoms. The third kappa shape index (κ3) is 5.52.